The van der Waals surface area contributed by atoms with E-state index in [9.17, 15) is 35.3 Å². The third-order valence-electron chi connectivity index (χ3n) is 10.9. The average molecular weight is 824 g/mol. The van der Waals surface area contributed by atoms with E-state index in [-0.39, 0.29) is 37.1 Å². The summed E-state index contributed by atoms with van der Waals surface area (Å²) in [5.41, 5.74) is -0.797. The Morgan fingerprint density at radius 3 is 2.46 bits per heavy atom. The molecule has 2 heterocycles. The average Bonchev–Trinajstić information content (AvgIpc) is 3.21. The highest BCUT2D eigenvalue weighted by Crippen LogP contribution is 2.48. The molecule has 1 saturated heterocycles. The molecule has 2 aromatic carbocycles. The lowest BCUT2D eigenvalue weighted by Crippen LogP contribution is -2.55. The van der Waals surface area contributed by atoms with Crippen LogP contribution < -0.4 is 14.8 Å². The van der Waals surface area contributed by atoms with Gasteiger partial charge in [-0.25, -0.2) is 0 Å². The number of benzene rings is 2. The number of pyridine rings is 1. The molecule has 1 fully saturated rings. The van der Waals surface area contributed by atoms with Crippen molar-refractivity contribution in [1.29, 1.82) is 5.26 Å². The van der Waals surface area contributed by atoms with Gasteiger partial charge in [-0.05, 0) is 75.5 Å². The molecule has 0 spiro atoms. The molecule has 15 heteroatoms. The number of nitrogens with one attached hydrogen (secondary N) is 1. The van der Waals surface area contributed by atoms with Crippen molar-refractivity contribution in [2.75, 3.05) is 46.1 Å². The van der Waals surface area contributed by atoms with E-state index in [0.717, 1.165) is 11.1 Å². The summed E-state index contributed by atoms with van der Waals surface area (Å²) in [4.78, 5) is 28.9. The van der Waals surface area contributed by atoms with E-state index < -0.39 is 46.6 Å². The number of allylic oxidation sites excluding steroid dienone is 2. The molecule has 5 rings (SSSR count). The van der Waals surface area contributed by atoms with E-state index in [1.54, 1.807) is 24.4 Å². The van der Waals surface area contributed by atoms with E-state index in [2.05, 4.69) is 21.3 Å². The third kappa shape index (κ3) is 9.96. The van der Waals surface area contributed by atoms with Crippen LogP contribution in [0.2, 0.25) is 5.02 Å². The van der Waals surface area contributed by atoms with Crippen LogP contribution in [0.5, 0.6) is 11.5 Å². The summed E-state index contributed by atoms with van der Waals surface area (Å²) in [6.45, 7) is 4.09. The number of alkyl halides is 1. The number of hydrogen-bond donors (Lipinski definition) is 5. The molecular weight excluding hydrogens is 775 g/mol. The fraction of sp³-hybridized carbons (Fsp3) is 0.429. The Bertz CT molecular complexity index is 2000. The molecule has 2 aliphatic rings. The second-order valence-corrected chi connectivity index (χ2v) is 16.0. The van der Waals surface area contributed by atoms with Crippen LogP contribution in [0.25, 0.3) is 5.57 Å². The highest BCUT2D eigenvalue weighted by atomic mass is 35.5. The Hall–Kier alpha value is -4.52. The first-order valence-electron chi connectivity index (χ1n) is 18.6. The summed E-state index contributed by atoms with van der Waals surface area (Å²) in [6.07, 6.45) is 10.0. The number of aromatic nitrogens is 1. The Balaban J connectivity index is 1.39. The van der Waals surface area contributed by atoms with Crippen molar-refractivity contribution < 1.29 is 44.2 Å². The van der Waals surface area contributed by atoms with Gasteiger partial charge in [-0.2, -0.15) is 5.26 Å². The van der Waals surface area contributed by atoms with Gasteiger partial charge < -0.3 is 39.5 Å². The van der Waals surface area contributed by atoms with E-state index in [4.69, 9.17) is 37.4 Å². The maximum atomic E-state index is 11.9. The Kier molecular flexibility index (Phi) is 14.4. The molecule has 57 heavy (non-hydrogen) atoms. The van der Waals surface area contributed by atoms with Gasteiger partial charge in [0.25, 0.3) is 0 Å². The first-order valence-corrected chi connectivity index (χ1v) is 19.3. The number of aliphatic hydroxyl groups excluding tert-OH is 2. The van der Waals surface area contributed by atoms with Gasteiger partial charge in [0.15, 0.2) is 0 Å². The number of hydrogen-bond acceptors (Lipinski definition) is 11. The van der Waals surface area contributed by atoms with E-state index >= 15 is 0 Å². The van der Waals surface area contributed by atoms with Gasteiger partial charge in [-0.1, -0.05) is 54.1 Å². The minimum Gasteiger partial charge on any atom is -0.488 e. The van der Waals surface area contributed by atoms with Crippen LogP contribution in [-0.2, 0) is 27.5 Å². The summed E-state index contributed by atoms with van der Waals surface area (Å²) in [5, 5.41) is 51.4. The highest BCUT2D eigenvalue weighted by molar-refractivity contribution is 6.32. The molecule has 3 aromatic rings. The quantitative estimate of drug-likeness (QED) is 0.0758. The third-order valence-corrected chi connectivity index (χ3v) is 11.7. The van der Waals surface area contributed by atoms with Crippen LogP contribution >= 0.6 is 23.2 Å². The van der Waals surface area contributed by atoms with Gasteiger partial charge in [-0.15, -0.1) is 11.6 Å². The van der Waals surface area contributed by atoms with Gasteiger partial charge in [0.05, 0.1) is 29.2 Å². The molecule has 0 bridgehead atoms. The summed E-state index contributed by atoms with van der Waals surface area (Å²) < 4.78 is 19.4. The number of nitriles is 1. The number of carboxylic acids is 2. The number of carbonyl (C=O) groups is 2. The molecule has 1 aromatic heterocycles. The zero-order valence-electron chi connectivity index (χ0n) is 31.9. The molecule has 13 nitrogen and oxygen atoms in total. The standard InChI is InChI=1S/C42H48Cl2N4O9/c1-39(26-49,37(51)52)47-24-32-19-34(43)36(20-35(32)55-25-30-18-29(21-45)22-46-23-30)56-28-42(11-6-10-33(40(42,2)44)31-8-4-3-5-9-31)57-17-7-14-48-15-12-41(27-50,13-16-48)38(53)54/h3-6,8-11,18-20,22-23,47,49-50H,7,12-17,24-28H2,1-2H3,(H,51,52)(H,53,54)/t39?,40-,42?/m1/s1. The highest BCUT2D eigenvalue weighted by Gasteiger charge is 2.51. The van der Waals surface area contributed by atoms with Crippen LogP contribution in [-0.4, -0.2) is 104 Å². The molecule has 1 aliphatic carbocycles. The molecule has 2 unspecified atom stereocenters. The Morgan fingerprint density at radius 2 is 1.81 bits per heavy atom. The first-order chi connectivity index (χ1) is 27.2. The number of aliphatic hydroxyl groups is 2. The lowest BCUT2D eigenvalue weighted by Gasteiger charge is -2.45. The zero-order valence-corrected chi connectivity index (χ0v) is 33.4. The predicted molar refractivity (Wildman–Crippen MR) is 214 cm³/mol. The van der Waals surface area contributed by atoms with Gasteiger partial charge in [0, 0.05) is 49.3 Å². The number of likely N-dealkylation sites (tertiary alicyclic amines) is 1. The van der Waals surface area contributed by atoms with Crippen molar-refractivity contribution in [1.82, 2.24) is 15.2 Å². The first kappa shape index (κ1) is 43.6. The maximum Gasteiger partial charge on any atom is 0.326 e. The molecule has 1 aliphatic heterocycles. The van der Waals surface area contributed by atoms with Crippen LogP contribution in [0.15, 0.2) is 79.2 Å². The van der Waals surface area contributed by atoms with Crippen molar-refractivity contribution in [2.24, 2.45) is 5.41 Å². The topological polar surface area (TPSA) is 195 Å². The van der Waals surface area contributed by atoms with E-state index in [1.807, 2.05) is 55.5 Å². The van der Waals surface area contributed by atoms with E-state index in [1.165, 1.54) is 13.1 Å². The van der Waals surface area contributed by atoms with E-state index in [0.29, 0.717) is 61.3 Å². The number of halogens is 2. The Labute approximate surface area is 342 Å². The SMILES string of the molecule is CC(CO)(NCc1cc(Cl)c(OCC2(OCCCN3CCC(CO)(C(=O)O)CC3)C=CC=C(c3ccccc3)[C@@]2(C)Cl)cc1OCc1cncc(C#N)c1)C(=O)O. The molecule has 0 amide bonds. The maximum absolute atomic E-state index is 11.9. The zero-order chi connectivity index (χ0) is 41.3. The van der Waals surface area contributed by atoms with Crippen LogP contribution in [0, 0.1) is 16.7 Å². The Morgan fingerprint density at radius 1 is 1.07 bits per heavy atom. The second-order valence-electron chi connectivity index (χ2n) is 14.8. The largest absolute Gasteiger partial charge is 0.488 e. The van der Waals surface area contributed by atoms with Crippen LogP contribution in [0.1, 0.15) is 55.4 Å². The van der Waals surface area contributed by atoms with Crippen LogP contribution in [0.4, 0.5) is 0 Å². The smallest absolute Gasteiger partial charge is 0.326 e. The van der Waals surface area contributed by atoms with Crippen LogP contribution in [0.3, 0.4) is 0 Å². The molecule has 5 N–H and O–H groups in total. The number of piperidine rings is 1. The number of nitrogens with zero attached hydrogens (tertiary/aromatic N) is 3. The lowest BCUT2D eigenvalue weighted by atomic mass is 9.76. The van der Waals surface area contributed by atoms with Crippen molar-refractivity contribution in [2.45, 2.75) is 62.3 Å². The molecule has 0 saturated carbocycles. The van der Waals surface area contributed by atoms with Crippen molar-refractivity contribution in [3.05, 3.63) is 106 Å². The summed E-state index contributed by atoms with van der Waals surface area (Å²) in [6, 6.07) is 16.6. The summed E-state index contributed by atoms with van der Waals surface area (Å²) >= 11 is 14.4. The fourth-order valence-corrected chi connectivity index (χ4v) is 7.43. The fourth-order valence-electron chi connectivity index (χ4n) is 6.84. The monoisotopic (exact) mass is 822 g/mol. The minimum absolute atomic E-state index is 0.0157. The van der Waals surface area contributed by atoms with Gasteiger partial charge in [0.1, 0.15) is 46.8 Å². The molecular formula is C42H48Cl2N4O9. The number of aliphatic carboxylic acids is 2. The number of ether oxygens (including phenoxy) is 3. The molecule has 0 radical (unpaired) electrons. The van der Waals surface area contributed by atoms with Crippen molar-refractivity contribution in [3.63, 3.8) is 0 Å². The van der Waals surface area contributed by atoms with Gasteiger partial charge in [-0.3, -0.25) is 19.9 Å². The normalized spacial score (nSPS) is 21.5. The van der Waals surface area contributed by atoms with Crippen molar-refractivity contribution >= 4 is 40.7 Å². The summed E-state index contributed by atoms with van der Waals surface area (Å²) in [5.74, 6) is -1.67. The van der Waals surface area contributed by atoms with Gasteiger partial charge >= 0.3 is 11.9 Å². The number of rotatable bonds is 19. The number of carboxylic acid groups (broad SMARTS) is 2. The predicted octanol–water partition coefficient (Wildman–Crippen LogP) is 5.45. The van der Waals surface area contributed by atoms with Gasteiger partial charge in [0.2, 0.25) is 0 Å². The molecule has 3 atom stereocenters. The summed E-state index contributed by atoms with van der Waals surface area (Å²) in [7, 11) is 0. The van der Waals surface area contributed by atoms with Crippen molar-refractivity contribution in [3.8, 4) is 17.6 Å². The lowest BCUT2D eigenvalue weighted by molar-refractivity contribution is -0.155. The minimum atomic E-state index is -1.65. The second kappa shape index (κ2) is 18.8. The molecule has 304 valence electrons.